The molecule has 0 bridgehead atoms. The zero-order valence-corrected chi connectivity index (χ0v) is 19.7. The summed E-state index contributed by atoms with van der Waals surface area (Å²) in [5.41, 5.74) is 11.3. The lowest BCUT2D eigenvalue weighted by molar-refractivity contribution is -0.113. The van der Waals surface area contributed by atoms with Gasteiger partial charge in [0.25, 0.3) is 5.91 Å². The number of para-hydroxylation sites is 1. The molecule has 0 fully saturated rings. The van der Waals surface area contributed by atoms with Crippen LogP contribution in [0.15, 0.2) is 78.9 Å². The SMILES string of the molecule is Cc1cc(/C=C2\C(=O)N(Cc3ccccc3)c3ccccc32)c2c(C)ccc(C(C)C)cc1-2. The highest BCUT2D eigenvalue weighted by molar-refractivity contribution is 6.36. The van der Waals surface area contributed by atoms with Gasteiger partial charge in [0, 0.05) is 11.1 Å². The quantitative estimate of drug-likeness (QED) is 0.304. The van der Waals surface area contributed by atoms with Crippen LogP contribution in [0.1, 0.15) is 53.1 Å². The Balaban J connectivity index is 1.62. The summed E-state index contributed by atoms with van der Waals surface area (Å²) in [5, 5.41) is 0. The van der Waals surface area contributed by atoms with Crippen molar-refractivity contribution in [1.29, 1.82) is 0 Å². The molecular weight excluding hydrogens is 402 g/mol. The summed E-state index contributed by atoms with van der Waals surface area (Å²) in [7, 11) is 0. The summed E-state index contributed by atoms with van der Waals surface area (Å²) in [6.45, 7) is 9.36. The topological polar surface area (TPSA) is 20.3 Å². The van der Waals surface area contributed by atoms with Crippen LogP contribution in [0.2, 0.25) is 0 Å². The van der Waals surface area contributed by atoms with E-state index in [1.165, 1.54) is 27.8 Å². The molecule has 0 saturated heterocycles. The average Bonchev–Trinajstić information content (AvgIpc) is 3.17. The van der Waals surface area contributed by atoms with Crippen LogP contribution in [0.3, 0.4) is 0 Å². The standard InChI is InChI=1S/C31H29NO/c1-20(2)24-15-14-21(3)30-25(16-22(4)27(30)17-24)18-28-26-12-8-9-13-29(26)32(31(28)33)19-23-10-6-5-7-11-23/h5-18,20H,19H2,1-4H3/b28-18-. The van der Waals surface area contributed by atoms with Gasteiger partial charge in [0.05, 0.1) is 12.2 Å². The van der Waals surface area contributed by atoms with Crippen LogP contribution in [0.4, 0.5) is 5.69 Å². The number of hydrogen-bond acceptors (Lipinski definition) is 1. The van der Waals surface area contributed by atoms with Gasteiger partial charge in [0.2, 0.25) is 0 Å². The summed E-state index contributed by atoms with van der Waals surface area (Å²) in [6.07, 6.45) is 2.10. The van der Waals surface area contributed by atoms with E-state index in [-0.39, 0.29) is 5.91 Å². The van der Waals surface area contributed by atoms with E-state index >= 15 is 0 Å². The van der Waals surface area contributed by atoms with Gasteiger partial charge in [-0.05, 0) is 70.9 Å². The molecule has 0 radical (unpaired) electrons. The van der Waals surface area contributed by atoms with Gasteiger partial charge in [-0.25, -0.2) is 0 Å². The monoisotopic (exact) mass is 431 g/mol. The zero-order valence-electron chi connectivity index (χ0n) is 19.7. The first-order valence-corrected chi connectivity index (χ1v) is 11.6. The van der Waals surface area contributed by atoms with Crippen molar-refractivity contribution >= 4 is 23.2 Å². The van der Waals surface area contributed by atoms with Gasteiger partial charge in [0.15, 0.2) is 0 Å². The number of rotatable bonds is 4. The molecule has 1 amide bonds. The summed E-state index contributed by atoms with van der Waals surface area (Å²) in [6, 6.07) is 27.3. The molecule has 2 aromatic rings. The Morgan fingerprint density at radius 1 is 0.818 bits per heavy atom. The predicted octanol–water partition coefficient (Wildman–Crippen LogP) is 7.62. The van der Waals surface area contributed by atoms with Gasteiger partial charge in [-0.15, -0.1) is 0 Å². The Kier molecular flexibility index (Phi) is 5.38. The summed E-state index contributed by atoms with van der Waals surface area (Å²) >= 11 is 0. The van der Waals surface area contributed by atoms with Crippen molar-refractivity contribution in [3.8, 4) is 11.1 Å². The molecule has 1 aliphatic heterocycles. The minimum Gasteiger partial charge on any atom is -0.303 e. The third-order valence-electron chi connectivity index (χ3n) is 6.70. The van der Waals surface area contributed by atoms with E-state index < -0.39 is 0 Å². The maximum Gasteiger partial charge on any atom is 0.259 e. The number of anilines is 1. The van der Waals surface area contributed by atoms with Crippen molar-refractivity contribution in [1.82, 2.24) is 0 Å². The molecule has 0 atom stereocenters. The molecular formula is C31H29NO. The number of carbonyl (C=O) groups is 1. The molecule has 0 aromatic heterocycles. The molecule has 2 heteroatoms. The lowest BCUT2D eigenvalue weighted by Gasteiger charge is -2.17. The molecule has 33 heavy (non-hydrogen) atoms. The molecule has 0 unspecified atom stereocenters. The van der Waals surface area contributed by atoms with Crippen molar-refractivity contribution in [2.45, 2.75) is 40.2 Å². The van der Waals surface area contributed by atoms with Crippen LogP contribution >= 0.6 is 0 Å². The Bertz CT molecular complexity index is 1350. The van der Waals surface area contributed by atoms with Crippen molar-refractivity contribution in [2.75, 3.05) is 4.90 Å². The molecule has 0 saturated carbocycles. The molecule has 2 aliphatic carbocycles. The van der Waals surface area contributed by atoms with Gasteiger partial charge < -0.3 is 4.90 Å². The molecule has 2 nitrogen and oxygen atoms in total. The highest BCUT2D eigenvalue weighted by atomic mass is 16.2. The second-order valence-corrected chi connectivity index (χ2v) is 9.34. The zero-order chi connectivity index (χ0) is 23.1. The van der Waals surface area contributed by atoms with E-state index in [9.17, 15) is 4.79 Å². The van der Waals surface area contributed by atoms with Crippen molar-refractivity contribution in [2.24, 2.45) is 0 Å². The number of carbonyl (C=O) groups excluding carboxylic acids is 1. The minimum atomic E-state index is 0.0629. The van der Waals surface area contributed by atoms with Crippen molar-refractivity contribution in [3.05, 3.63) is 112 Å². The van der Waals surface area contributed by atoms with Gasteiger partial charge >= 0.3 is 0 Å². The van der Waals surface area contributed by atoms with Crippen molar-refractivity contribution in [3.63, 3.8) is 0 Å². The maximum absolute atomic E-state index is 13.7. The molecule has 5 rings (SSSR count). The van der Waals surface area contributed by atoms with E-state index in [1.54, 1.807) is 0 Å². The summed E-state index contributed by atoms with van der Waals surface area (Å²) in [4.78, 5) is 15.6. The first-order chi connectivity index (χ1) is 15.9. The third-order valence-corrected chi connectivity index (χ3v) is 6.70. The fraction of sp³-hybridized carbons (Fsp3) is 0.194. The van der Waals surface area contributed by atoms with Gasteiger partial charge in [0.1, 0.15) is 0 Å². The number of hydrogen-bond donors (Lipinski definition) is 0. The highest BCUT2D eigenvalue weighted by Gasteiger charge is 2.32. The van der Waals surface area contributed by atoms with Crippen LogP contribution < -0.4 is 4.90 Å². The fourth-order valence-electron chi connectivity index (χ4n) is 4.88. The molecule has 1 heterocycles. The molecule has 0 spiro atoms. The van der Waals surface area contributed by atoms with Crippen LogP contribution in [-0.4, -0.2) is 5.91 Å². The molecule has 2 aromatic carbocycles. The Morgan fingerprint density at radius 2 is 1.55 bits per heavy atom. The Labute approximate surface area is 196 Å². The number of fused-ring (bicyclic) bond motifs is 2. The van der Waals surface area contributed by atoms with E-state index in [0.717, 1.165) is 28.0 Å². The normalized spacial score (nSPS) is 14.5. The number of benzene rings is 2. The highest BCUT2D eigenvalue weighted by Crippen LogP contribution is 2.42. The Hall–Kier alpha value is -3.65. The second-order valence-electron chi connectivity index (χ2n) is 9.34. The van der Waals surface area contributed by atoms with Crippen LogP contribution in [-0.2, 0) is 11.3 Å². The number of amides is 1. The number of aryl methyl sites for hydroxylation is 2. The summed E-state index contributed by atoms with van der Waals surface area (Å²) < 4.78 is 0. The van der Waals surface area contributed by atoms with E-state index in [4.69, 9.17) is 0 Å². The second kappa shape index (κ2) is 8.37. The fourth-order valence-corrected chi connectivity index (χ4v) is 4.88. The Morgan fingerprint density at radius 3 is 2.30 bits per heavy atom. The van der Waals surface area contributed by atoms with E-state index in [1.807, 2.05) is 41.3 Å². The van der Waals surface area contributed by atoms with Gasteiger partial charge in [-0.3, -0.25) is 4.79 Å². The first kappa shape index (κ1) is 21.2. The molecule has 3 aliphatic rings. The number of nitrogens with zero attached hydrogens (tertiary/aromatic N) is 1. The maximum atomic E-state index is 13.7. The minimum absolute atomic E-state index is 0.0629. The van der Waals surface area contributed by atoms with Crippen molar-refractivity contribution < 1.29 is 4.79 Å². The third kappa shape index (κ3) is 3.76. The van der Waals surface area contributed by atoms with E-state index in [2.05, 4.69) is 76.2 Å². The first-order valence-electron chi connectivity index (χ1n) is 11.6. The molecule has 0 N–H and O–H groups in total. The van der Waals surface area contributed by atoms with Gasteiger partial charge in [-0.1, -0.05) is 86.6 Å². The van der Waals surface area contributed by atoms with Crippen LogP contribution in [0.25, 0.3) is 22.8 Å². The molecule has 164 valence electrons. The predicted molar refractivity (Wildman–Crippen MR) is 139 cm³/mol. The summed E-state index contributed by atoms with van der Waals surface area (Å²) in [5.74, 6) is 0.527. The van der Waals surface area contributed by atoms with E-state index in [0.29, 0.717) is 12.5 Å². The average molecular weight is 432 g/mol. The lowest BCUT2D eigenvalue weighted by Crippen LogP contribution is -2.25. The lowest BCUT2D eigenvalue weighted by atomic mass is 9.99. The van der Waals surface area contributed by atoms with Gasteiger partial charge in [-0.2, -0.15) is 0 Å². The largest absolute Gasteiger partial charge is 0.303 e. The smallest absolute Gasteiger partial charge is 0.259 e. The van der Waals surface area contributed by atoms with Crippen LogP contribution in [0, 0.1) is 13.8 Å². The van der Waals surface area contributed by atoms with Crippen LogP contribution in [0.5, 0.6) is 0 Å².